The van der Waals surface area contributed by atoms with Gasteiger partial charge in [0.1, 0.15) is 0 Å². The molecule has 1 atom stereocenters. The summed E-state index contributed by atoms with van der Waals surface area (Å²) >= 11 is 0. The Labute approximate surface area is 120 Å². The van der Waals surface area contributed by atoms with Crippen LogP contribution in [-0.4, -0.2) is 13.1 Å². The lowest BCUT2D eigenvalue weighted by molar-refractivity contribution is -0.140. The first-order valence-corrected chi connectivity index (χ1v) is 6.84. The summed E-state index contributed by atoms with van der Waals surface area (Å²) in [5.74, 6) is 0.00858. The van der Waals surface area contributed by atoms with E-state index in [1.165, 1.54) is 23.8 Å². The van der Waals surface area contributed by atoms with Crippen molar-refractivity contribution in [2.75, 3.05) is 7.11 Å². The monoisotopic (exact) mass is 268 g/mol. The van der Waals surface area contributed by atoms with Crippen molar-refractivity contribution >= 4 is 5.97 Å². The van der Waals surface area contributed by atoms with Gasteiger partial charge in [0.15, 0.2) is 0 Å². The molecule has 2 heteroatoms. The Balaban J connectivity index is 2.16. The normalized spacial score (nSPS) is 11.9. The molecule has 20 heavy (non-hydrogen) atoms. The van der Waals surface area contributed by atoms with E-state index in [4.69, 9.17) is 4.74 Å². The highest BCUT2D eigenvalue weighted by Crippen LogP contribution is 2.25. The molecule has 0 aromatic heterocycles. The van der Waals surface area contributed by atoms with Crippen LogP contribution in [0.15, 0.2) is 48.5 Å². The lowest BCUT2D eigenvalue weighted by atomic mass is 9.95. The standard InChI is InChI=1S/C18H20O2/c1-13-5-4-6-17(11-13)16-9-7-15(8-10-16)14(2)12-18(19)20-3/h4-11,14H,12H2,1-3H3. The molecule has 0 spiro atoms. The third kappa shape index (κ3) is 3.47. The van der Waals surface area contributed by atoms with Crippen LogP contribution < -0.4 is 0 Å². The molecule has 0 N–H and O–H groups in total. The second-order valence-corrected chi connectivity index (χ2v) is 5.17. The predicted octanol–water partition coefficient (Wildman–Crippen LogP) is 4.33. The number of ether oxygens (including phenoxy) is 1. The summed E-state index contributed by atoms with van der Waals surface area (Å²) in [5, 5.41) is 0. The van der Waals surface area contributed by atoms with Crippen LogP contribution in [0.25, 0.3) is 11.1 Å². The molecule has 0 radical (unpaired) electrons. The molecule has 0 amide bonds. The maximum Gasteiger partial charge on any atom is 0.306 e. The zero-order valence-corrected chi connectivity index (χ0v) is 12.2. The molecule has 2 aromatic carbocycles. The van der Waals surface area contributed by atoms with E-state index in [-0.39, 0.29) is 11.9 Å². The van der Waals surface area contributed by atoms with Crippen LogP contribution in [0.2, 0.25) is 0 Å². The number of hydrogen-bond donors (Lipinski definition) is 0. The van der Waals surface area contributed by atoms with Crippen LogP contribution in [0.4, 0.5) is 0 Å². The highest BCUT2D eigenvalue weighted by atomic mass is 16.5. The number of aryl methyl sites for hydroxylation is 1. The molecule has 0 aliphatic rings. The van der Waals surface area contributed by atoms with Crippen LogP contribution in [0.5, 0.6) is 0 Å². The average molecular weight is 268 g/mol. The van der Waals surface area contributed by atoms with Crippen LogP contribution in [-0.2, 0) is 9.53 Å². The van der Waals surface area contributed by atoms with Gasteiger partial charge in [0.25, 0.3) is 0 Å². The van der Waals surface area contributed by atoms with Crippen molar-refractivity contribution in [1.29, 1.82) is 0 Å². The van der Waals surface area contributed by atoms with Crippen LogP contribution in [0.1, 0.15) is 30.4 Å². The summed E-state index contributed by atoms with van der Waals surface area (Å²) in [6.07, 6.45) is 0.417. The van der Waals surface area contributed by atoms with Gasteiger partial charge in [-0.3, -0.25) is 4.79 Å². The number of benzene rings is 2. The van der Waals surface area contributed by atoms with Crippen LogP contribution >= 0.6 is 0 Å². The first-order chi connectivity index (χ1) is 9.60. The molecule has 0 fully saturated rings. The molecule has 2 nitrogen and oxygen atoms in total. The van der Waals surface area contributed by atoms with Crippen molar-refractivity contribution in [1.82, 2.24) is 0 Å². The van der Waals surface area contributed by atoms with Gasteiger partial charge in [0.05, 0.1) is 13.5 Å². The molecule has 0 saturated carbocycles. The summed E-state index contributed by atoms with van der Waals surface area (Å²) < 4.78 is 4.71. The second kappa shape index (κ2) is 6.38. The molecule has 0 aliphatic heterocycles. The van der Waals surface area contributed by atoms with E-state index in [1.54, 1.807) is 0 Å². The predicted molar refractivity (Wildman–Crippen MR) is 81.7 cm³/mol. The topological polar surface area (TPSA) is 26.3 Å². The van der Waals surface area contributed by atoms with Gasteiger partial charge in [0.2, 0.25) is 0 Å². The number of esters is 1. The maximum absolute atomic E-state index is 11.3. The van der Waals surface area contributed by atoms with Gasteiger partial charge in [0, 0.05) is 0 Å². The van der Waals surface area contributed by atoms with E-state index in [0.29, 0.717) is 6.42 Å². The van der Waals surface area contributed by atoms with Crippen molar-refractivity contribution < 1.29 is 9.53 Å². The fraction of sp³-hybridized carbons (Fsp3) is 0.278. The third-order valence-corrected chi connectivity index (χ3v) is 3.53. The second-order valence-electron chi connectivity index (χ2n) is 5.17. The van der Waals surface area contributed by atoms with Crippen molar-refractivity contribution in [3.8, 4) is 11.1 Å². The summed E-state index contributed by atoms with van der Waals surface area (Å²) in [5.41, 5.74) is 4.83. The summed E-state index contributed by atoms with van der Waals surface area (Å²) in [6.45, 7) is 4.13. The minimum Gasteiger partial charge on any atom is -0.469 e. The first kappa shape index (κ1) is 14.3. The quantitative estimate of drug-likeness (QED) is 0.771. The summed E-state index contributed by atoms with van der Waals surface area (Å²) in [6, 6.07) is 16.8. The number of methoxy groups -OCH3 is 1. The highest BCUT2D eigenvalue weighted by Gasteiger charge is 2.11. The smallest absolute Gasteiger partial charge is 0.306 e. The average Bonchev–Trinajstić information content (AvgIpc) is 2.47. The van der Waals surface area contributed by atoms with E-state index in [1.807, 2.05) is 6.92 Å². The SMILES string of the molecule is COC(=O)CC(C)c1ccc(-c2cccc(C)c2)cc1. The Bertz CT molecular complexity index is 585. The van der Waals surface area contributed by atoms with E-state index in [0.717, 1.165) is 5.56 Å². The third-order valence-electron chi connectivity index (χ3n) is 3.53. The summed E-state index contributed by atoms with van der Waals surface area (Å²) in [4.78, 5) is 11.3. The van der Waals surface area contributed by atoms with Crippen molar-refractivity contribution in [3.05, 3.63) is 59.7 Å². The minimum absolute atomic E-state index is 0.166. The van der Waals surface area contributed by atoms with E-state index in [2.05, 4.69) is 55.5 Å². The number of hydrogen-bond acceptors (Lipinski definition) is 2. The fourth-order valence-electron chi connectivity index (χ4n) is 2.28. The molecule has 0 bridgehead atoms. The molecule has 104 valence electrons. The van der Waals surface area contributed by atoms with Crippen LogP contribution in [0.3, 0.4) is 0 Å². The molecule has 2 aromatic rings. The van der Waals surface area contributed by atoms with E-state index in [9.17, 15) is 4.79 Å². The molecule has 0 aliphatic carbocycles. The zero-order valence-electron chi connectivity index (χ0n) is 12.2. The first-order valence-electron chi connectivity index (χ1n) is 6.84. The minimum atomic E-state index is -0.166. The zero-order chi connectivity index (χ0) is 14.5. The van der Waals surface area contributed by atoms with E-state index >= 15 is 0 Å². The number of carbonyl (C=O) groups excluding carboxylic acids is 1. The van der Waals surface area contributed by atoms with Gasteiger partial charge in [-0.1, -0.05) is 61.0 Å². The molecule has 1 unspecified atom stereocenters. The Kier molecular flexibility index (Phi) is 4.57. The van der Waals surface area contributed by atoms with Crippen molar-refractivity contribution in [2.45, 2.75) is 26.2 Å². The maximum atomic E-state index is 11.3. The summed E-state index contributed by atoms with van der Waals surface area (Å²) in [7, 11) is 1.43. The molecular formula is C18H20O2. The van der Waals surface area contributed by atoms with Gasteiger partial charge in [-0.25, -0.2) is 0 Å². The molecule has 0 heterocycles. The largest absolute Gasteiger partial charge is 0.469 e. The number of rotatable bonds is 4. The van der Waals surface area contributed by atoms with Gasteiger partial charge in [-0.05, 0) is 29.5 Å². The Morgan fingerprint density at radius 3 is 2.40 bits per heavy atom. The van der Waals surface area contributed by atoms with Gasteiger partial charge in [-0.15, -0.1) is 0 Å². The van der Waals surface area contributed by atoms with E-state index < -0.39 is 0 Å². The highest BCUT2D eigenvalue weighted by molar-refractivity contribution is 5.70. The van der Waals surface area contributed by atoms with Gasteiger partial charge < -0.3 is 4.74 Å². The lowest BCUT2D eigenvalue weighted by Gasteiger charge is -2.11. The lowest BCUT2D eigenvalue weighted by Crippen LogP contribution is -2.05. The van der Waals surface area contributed by atoms with Crippen LogP contribution in [0, 0.1) is 6.92 Å². The fourth-order valence-corrected chi connectivity index (χ4v) is 2.28. The van der Waals surface area contributed by atoms with Crippen molar-refractivity contribution in [3.63, 3.8) is 0 Å². The van der Waals surface area contributed by atoms with Gasteiger partial charge >= 0.3 is 5.97 Å². The van der Waals surface area contributed by atoms with Crippen molar-refractivity contribution in [2.24, 2.45) is 0 Å². The Hall–Kier alpha value is -2.09. The Morgan fingerprint density at radius 2 is 1.80 bits per heavy atom. The van der Waals surface area contributed by atoms with Gasteiger partial charge in [-0.2, -0.15) is 0 Å². The number of carbonyl (C=O) groups is 1. The Morgan fingerprint density at radius 1 is 1.10 bits per heavy atom. The molecule has 2 rings (SSSR count). The molecule has 0 saturated heterocycles. The molecular weight excluding hydrogens is 248 g/mol.